The van der Waals surface area contributed by atoms with E-state index in [1.165, 1.54) is 29.5 Å². The van der Waals surface area contributed by atoms with Crippen molar-refractivity contribution in [2.24, 2.45) is 0 Å². The number of sulfonamides is 1. The molecule has 0 bridgehead atoms. The molecule has 4 aromatic rings. The molecule has 0 saturated carbocycles. The number of hydrogen-bond acceptors (Lipinski definition) is 8. The Morgan fingerprint density at radius 2 is 1.91 bits per heavy atom. The summed E-state index contributed by atoms with van der Waals surface area (Å²) in [5.74, 6) is 0.614. The predicted molar refractivity (Wildman–Crippen MR) is 123 cm³/mol. The second-order valence-corrected chi connectivity index (χ2v) is 9.21. The van der Waals surface area contributed by atoms with Gasteiger partial charge in [-0.3, -0.25) is 4.72 Å². The Balaban J connectivity index is 1.47. The zero-order valence-electron chi connectivity index (χ0n) is 16.8. The highest BCUT2D eigenvalue weighted by molar-refractivity contribution is 7.92. The van der Waals surface area contributed by atoms with Crippen molar-refractivity contribution in [1.82, 2.24) is 10.1 Å². The molecule has 10 heteroatoms. The molecule has 2 heterocycles. The van der Waals surface area contributed by atoms with Crippen molar-refractivity contribution in [3.05, 3.63) is 83.0 Å². The fourth-order valence-electron chi connectivity index (χ4n) is 2.78. The standard InChI is InChI=1S/C22H17N5O3S2/c1-15-11-21(26-30-15)27-32(28,29)19-9-7-18(8-10-19)24-13-17(12-23)22-25-20(14-31-22)16-5-3-2-4-6-16/h2-11,13-14,24H,1H3,(H,26,27). The van der Waals surface area contributed by atoms with Crippen LogP contribution in [-0.2, 0) is 10.0 Å². The second-order valence-electron chi connectivity index (χ2n) is 6.67. The zero-order chi connectivity index (χ0) is 22.6. The first kappa shape index (κ1) is 21.3. The van der Waals surface area contributed by atoms with Crippen molar-refractivity contribution in [2.45, 2.75) is 11.8 Å². The Bertz CT molecular complexity index is 1400. The van der Waals surface area contributed by atoms with Crippen LogP contribution in [0.25, 0.3) is 16.8 Å². The number of aromatic nitrogens is 2. The summed E-state index contributed by atoms with van der Waals surface area (Å²) in [6.07, 6.45) is 1.55. The minimum atomic E-state index is -3.80. The van der Waals surface area contributed by atoms with Crippen molar-refractivity contribution in [1.29, 1.82) is 5.26 Å². The summed E-state index contributed by atoms with van der Waals surface area (Å²) in [6, 6.07) is 19.5. The van der Waals surface area contributed by atoms with E-state index in [0.717, 1.165) is 11.3 Å². The molecular weight excluding hydrogens is 446 g/mol. The van der Waals surface area contributed by atoms with Crippen LogP contribution >= 0.6 is 11.3 Å². The SMILES string of the molecule is Cc1cc(NS(=O)(=O)c2ccc(NC=C(C#N)c3nc(-c4ccccc4)cs3)cc2)no1. The van der Waals surface area contributed by atoms with Gasteiger partial charge >= 0.3 is 0 Å². The van der Waals surface area contributed by atoms with E-state index >= 15 is 0 Å². The number of nitrogens with zero attached hydrogens (tertiary/aromatic N) is 3. The van der Waals surface area contributed by atoms with Gasteiger partial charge < -0.3 is 9.84 Å². The monoisotopic (exact) mass is 463 g/mol. The molecular formula is C22H17N5O3S2. The van der Waals surface area contributed by atoms with E-state index < -0.39 is 10.0 Å². The molecule has 32 heavy (non-hydrogen) atoms. The summed E-state index contributed by atoms with van der Waals surface area (Å²) < 4.78 is 32.2. The third kappa shape index (κ3) is 4.85. The number of allylic oxidation sites excluding steroid dienone is 1. The van der Waals surface area contributed by atoms with Gasteiger partial charge in [-0.15, -0.1) is 11.3 Å². The Kier molecular flexibility index (Phi) is 6.02. The van der Waals surface area contributed by atoms with Crippen molar-refractivity contribution >= 4 is 38.4 Å². The molecule has 0 fully saturated rings. The lowest BCUT2D eigenvalue weighted by atomic mass is 10.2. The molecule has 0 saturated heterocycles. The average Bonchev–Trinajstić information content (AvgIpc) is 3.44. The number of thiazole rings is 1. The van der Waals surface area contributed by atoms with Crippen LogP contribution in [0.3, 0.4) is 0 Å². The summed E-state index contributed by atoms with van der Waals surface area (Å²) in [4.78, 5) is 4.61. The van der Waals surface area contributed by atoms with Gasteiger partial charge in [-0.05, 0) is 31.2 Å². The maximum absolute atomic E-state index is 12.5. The quantitative estimate of drug-likeness (QED) is 0.375. The maximum atomic E-state index is 12.5. The van der Waals surface area contributed by atoms with Crippen molar-refractivity contribution in [2.75, 3.05) is 10.0 Å². The number of rotatable bonds is 7. The normalized spacial score (nSPS) is 11.7. The number of hydrogen-bond donors (Lipinski definition) is 2. The maximum Gasteiger partial charge on any atom is 0.263 e. The highest BCUT2D eigenvalue weighted by Gasteiger charge is 2.16. The van der Waals surface area contributed by atoms with Crippen LogP contribution in [0.4, 0.5) is 11.5 Å². The molecule has 0 aliphatic heterocycles. The van der Waals surface area contributed by atoms with E-state index in [0.29, 0.717) is 22.0 Å². The predicted octanol–water partition coefficient (Wildman–Crippen LogP) is 4.88. The Hall–Kier alpha value is -3.94. The summed E-state index contributed by atoms with van der Waals surface area (Å²) >= 11 is 1.38. The van der Waals surface area contributed by atoms with E-state index in [4.69, 9.17) is 4.52 Å². The molecule has 0 unspecified atom stereocenters. The molecule has 0 spiro atoms. The van der Waals surface area contributed by atoms with Crippen molar-refractivity contribution < 1.29 is 12.9 Å². The van der Waals surface area contributed by atoms with Crippen LogP contribution in [0.1, 0.15) is 10.8 Å². The minimum Gasteiger partial charge on any atom is -0.360 e. The molecule has 2 aromatic heterocycles. The topological polar surface area (TPSA) is 121 Å². The molecule has 0 atom stereocenters. The molecule has 0 radical (unpaired) electrons. The third-order valence-electron chi connectivity index (χ3n) is 4.34. The third-order valence-corrected chi connectivity index (χ3v) is 6.59. The summed E-state index contributed by atoms with van der Waals surface area (Å²) in [5, 5.41) is 18.7. The number of benzene rings is 2. The Morgan fingerprint density at radius 1 is 1.16 bits per heavy atom. The van der Waals surface area contributed by atoms with Crippen LogP contribution in [0.15, 0.2) is 81.7 Å². The lowest BCUT2D eigenvalue weighted by Gasteiger charge is -2.06. The van der Waals surface area contributed by atoms with Gasteiger partial charge in [0.1, 0.15) is 22.4 Å². The number of anilines is 2. The molecule has 8 nitrogen and oxygen atoms in total. The van der Waals surface area contributed by atoms with E-state index in [9.17, 15) is 13.7 Å². The smallest absolute Gasteiger partial charge is 0.263 e. The lowest BCUT2D eigenvalue weighted by Crippen LogP contribution is -2.13. The van der Waals surface area contributed by atoms with Crippen LogP contribution in [-0.4, -0.2) is 18.6 Å². The van der Waals surface area contributed by atoms with E-state index in [1.54, 1.807) is 25.3 Å². The lowest BCUT2D eigenvalue weighted by molar-refractivity contribution is 0.400. The van der Waals surface area contributed by atoms with Crippen molar-refractivity contribution in [3.8, 4) is 17.3 Å². The first-order chi connectivity index (χ1) is 15.4. The molecule has 2 N–H and O–H groups in total. The fraction of sp³-hybridized carbons (Fsp3) is 0.0455. The zero-order valence-corrected chi connectivity index (χ0v) is 18.4. The number of nitrogens with one attached hydrogen (secondary N) is 2. The van der Waals surface area contributed by atoms with Gasteiger partial charge in [0.25, 0.3) is 10.0 Å². The summed E-state index contributed by atoms with van der Waals surface area (Å²) in [6.45, 7) is 1.67. The van der Waals surface area contributed by atoms with E-state index in [2.05, 4.69) is 26.2 Å². The van der Waals surface area contributed by atoms with Gasteiger partial charge in [-0.25, -0.2) is 13.4 Å². The molecule has 0 amide bonds. The van der Waals surface area contributed by atoms with Gasteiger partial charge in [0.2, 0.25) is 0 Å². The summed E-state index contributed by atoms with van der Waals surface area (Å²) in [5.41, 5.74) is 2.77. The van der Waals surface area contributed by atoms with Gasteiger partial charge in [0.15, 0.2) is 5.82 Å². The molecule has 0 aliphatic carbocycles. The van der Waals surface area contributed by atoms with E-state index in [1.807, 2.05) is 35.7 Å². The van der Waals surface area contributed by atoms with Gasteiger partial charge in [-0.1, -0.05) is 35.5 Å². The summed E-state index contributed by atoms with van der Waals surface area (Å²) in [7, 11) is -3.80. The van der Waals surface area contributed by atoms with Crippen molar-refractivity contribution in [3.63, 3.8) is 0 Å². The largest absolute Gasteiger partial charge is 0.360 e. The number of nitriles is 1. The Morgan fingerprint density at radius 3 is 2.56 bits per heavy atom. The highest BCUT2D eigenvalue weighted by atomic mass is 32.2. The second kappa shape index (κ2) is 9.05. The van der Waals surface area contributed by atoms with E-state index in [-0.39, 0.29) is 10.7 Å². The highest BCUT2D eigenvalue weighted by Crippen LogP contribution is 2.26. The first-order valence-corrected chi connectivity index (χ1v) is 11.8. The van der Waals surface area contributed by atoms with Crippen LogP contribution in [0.2, 0.25) is 0 Å². The van der Waals surface area contributed by atoms with Gasteiger partial charge in [0, 0.05) is 28.9 Å². The number of aryl methyl sites for hydroxylation is 1. The molecule has 4 rings (SSSR count). The fourth-order valence-corrected chi connectivity index (χ4v) is 4.56. The molecule has 2 aromatic carbocycles. The molecule has 160 valence electrons. The van der Waals surface area contributed by atoms with Crippen LogP contribution in [0, 0.1) is 18.3 Å². The van der Waals surface area contributed by atoms with Gasteiger partial charge in [-0.2, -0.15) is 5.26 Å². The minimum absolute atomic E-state index is 0.0700. The van der Waals surface area contributed by atoms with Gasteiger partial charge in [0.05, 0.1) is 10.6 Å². The molecule has 0 aliphatic rings. The van der Waals surface area contributed by atoms with Crippen LogP contribution in [0.5, 0.6) is 0 Å². The first-order valence-electron chi connectivity index (χ1n) is 9.39. The Labute approximate surface area is 188 Å². The van der Waals surface area contributed by atoms with Crippen LogP contribution < -0.4 is 10.0 Å². The average molecular weight is 464 g/mol.